The lowest BCUT2D eigenvalue weighted by Gasteiger charge is -2.06. The third kappa shape index (κ3) is 2.79. The van der Waals surface area contributed by atoms with Crippen LogP contribution in [0.5, 0.6) is 0 Å². The summed E-state index contributed by atoms with van der Waals surface area (Å²) in [6.45, 7) is 0. The predicted octanol–water partition coefficient (Wildman–Crippen LogP) is 3.33. The molecule has 21 heavy (non-hydrogen) atoms. The maximum atomic E-state index is 11.0. The van der Waals surface area contributed by atoms with E-state index in [-0.39, 0.29) is 0 Å². The van der Waals surface area contributed by atoms with Crippen molar-refractivity contribution >= 4 is 11.1 Å². The molecule has 106 valence electrons. The number of rotatable bonds is 3. The molecule has 0 aliphatic heterocycles. The van der Waals surface area contributed by atoms with Gasteiger partial charge in [-0.05, 0) is 29.3 Å². The Hall–Kier alpha value is -2.24. The highest BCUT2D eigenvalue weighted by molar-refractivity contribution is 7.79. The van der Waals surface area contributed by atoms with Crippen LogP contribution in [0.25, 0.3) is 22.5 Å². The van der Waals surface area contributed by atoms with Crippen LogP contribution in [0.4, 0.5) is 0 Å². The first-order valence-electron chi connectivity index (χ1n) is 6.44. The maximum Gasteiger partial charge on any atom is 0.186 e. The first-order valence-corrected chi connectivity index (χ1v) is 7.55. The molecule has 1 unspecified atom stereocenters. The highest BCUT2D eigenvalue weighted by Gasteiger charge is 2.06. The molecule has 0 aliphatic carbocycles. The monoisotopic (exact) mass is 298 g/mol. The molecule has 5 heteroatoms. The Morgan fingerprint density at radius 1 is 1.05 bits per heavy atom. The van der Waals surface area contributed by atoms with Gasteiger partial charge >= 0.3 is 0 Å². The second-order valence-electron chi connectivity index (χ2n) is 4.72. The van der Waals surface area contributed by atoms with Gasteiger partial charge in [-0.2, -0.15) is 0 Å². The number of aromatic nitrogens is 2. The first kappa shape index (κ1) is 13.7. The van der Waals surface area contributed by atoms with Gasteiger partial charge in [-0.3, -0.25) is 0 Å². The SMILES string of the molecule is Cn1ccnc1-c1cccc(-c2ccc(S(=O)O)cc2)c1. The van der Waals surface area contributed by atoms with Crippen molar-refractivity contribution in [1.82, 2.24) is 9.55 Å². The predicted molar refractivity (Wildman–Crippen MR) is 83.1 cm³/mol. The van der Waals surface area contributed by atoms with E-state index in [1.807, 2.05) is 48.1 Å². The third-order valence-electron chi connectivity index (χ3n) is 3.33. The number of imidazole rings is 1. The Morgan fingerprint density at radius 2 is 1.76 bits per heavy atom. The van der Waals surface area contributed by atoms with Crippen LogP contribution in [-0.4, -0.2) is 18.3 Å². The van der Waals surface area contributed by atoms with E-state index in [0.717, 1.165) is 22.5 Å². The molecule has 0 saturated carbocycles. The molecule has 3 aromatic rings. The minimum absolute atomic E-state index is 0.402. The van der Waals surface area contributed by atoms with E-state index in [4.69, 9.17) is 4.55 Å². The molecule has 1 heterocycles. The van der Waals surface area contributed by atoms with Gasteiger partial charge in [0.2, 0.25) is 0 Å². The number of hydrogen-bond donors (Lipinski definition) is 1. The van der Waals surface area contributed by atoms with Crippen LogP contribution in [0.3, 0.4) is 0 Å². The zero-order chi connectivity index (χ0) is 14.8. The van der Waals surface area contributed by atoms with E-state index >= 15 is 0 Å². The van der Waals surface area contributed by atoms with Crippen LogP contribution in [0.1, 0.15) is 0 Å². The number of nitrogens with zero attached hydrogens (tertiary/aromatic N) is 2. The summed E-state index contributed by atoms with van der Waals surface area (Å²) in [5.74, 6) is 0.907. The van der Waals surface area contributed by atoms with Crippen molar-refractivity contribution in [3.8, 4) is 22.5 Å². The average Bonchev–Trinajstić information content (AvgIpc) is 2.94. The van der Waals surface area contributed by atoms with Gasteiger partial charge in [0.15, 0.2) is 11.1 Å². The second kappa shape index (κ2) is 5.63. The minimum Gasteiger partial charge on any atom is -0.334 e. The van der Waals surface area contributed by atoms with Gasteiger partial charge in [-0.25, -0.2) is 9.19 Å². The fourth-order valence-electron chi connectivity index (χ4n) is 2.25. The first-order chi connectivity index (χ1) is 10.1. The van der Waals surface area contributed by atoms with Crippen molar-refractivity contribution in [1.29, 1.82) is 0 Å². The molecule has 0 amide bonds. The number of aryl methyl sites for hydroxylation is 1. The maximum absolute atomic E-state index is 11.0. The zero-order valence-electron chi connectivity index (χ0n) is 11.4. The molecule has 0 fully saturated rings. The molecule has 2 aromatic carbocycles. The summed E-state index contributed by atoms with van der Waals surface area (Å²) in [4.78, 5) is 4.75. The molecular weight excluding hydrogens is 284 g/mol. The lowest BCUT2D eigenvalue weighted by atomic mass is 10.0. The molecular formula is C16H14N2O2S. The van der Waals surface area contributed by atoms with Crippen LogP contribution >= 0.6 is 0 Å². The smallest absolute Gasteiger partial charge is 0.186 e. The van der Waals surface area contributed by atoms with Gasteiger partial charge in [0, 0.05) is 25.0 Å². The van der Waals surface area contributed by atoms with Gasteiger partial charge < -0.3 is 9.12 Å². The summed E-state index contributed by atoms with van der Waals surface area (Å²) in [7, 11) is 1.96. The quantitative estimate of drug-likeness (QED) is 0.755. The molecule has 0 aliphatic rings. The molecule has 0 spiro atoms. The molecule has 1 atom stereocenters. The summed E-state index contributed by atoms with van der Waals surface area (Å²) in [5.41, 5.74) is 3.08. The van der Waals surface area contributed by atoms with Crippen LogP contribution in [0.2, 0.25) is 0 Å². The van der Waals surface area contributed by atoms with Gasteiger partial charge in [0.05, 0.1) is 4.90 Å². The van der Waals surface area contributed by atoms with E-state index < -0.39 is 11.1 Å². The molecule has 0 saturated heterocycles. The Bertz CT molecular complexity index is 794. The number of benzene rings is 2. The summed E-state index contributed by atoms with van der Waals surface area (Å²) in [5, 5.41) is 0. The molecule has 3 rings (SSSR count). The zero-order valence-corrected chi connectivity index (χ0v) is 12.2. The van der Waals surface area contributed by atoms with Crippen LogP contribution < -0.4 is 0 Å². The largest absolute Gasteiger partial charge is 0.334 e. The van der Waals surface area contributed by atoms with Gasteiger partial charge in [-0.15, -0.1) is 0 Å². The van der Waals surface area contributed by atoms with E-state index in [0.29, 0.717) is 4.90 Å². The summed E-state index contributed by atoms with van der Waals surface area (Å²) < 4.78 is 22.0. The third-order valence-corrected chi connectivity index (χ3v) is 4.01. The van der Waals surface area contributed by atoms with Crippen molar-refractivity contribution in [3.63, 3.8) is 0 Å². The summed E-state index contributed by atoms with van der Waals surface area (Å²) in [6, 6.07) is 15.1. The summed E-state index contributed by atoms with van der Waals surface area (Å²) >= 11 is -1.94. The molecule has 0 bridgehead atoms. The fraction of sp³-hybridized carbons (Fsp3) is 0.0625. The molecule has 0 radical (unpaired) electrons. The highest BCUT2D eigenvalue weighted by atomic mass is 32.2. The van der Waals surface area contributed by atoms with Crippen molar-refractivity contribution < 1.29 is 8.76 Å². The second-order valence-corrected chi connectivity index (χ2v) is 5.69. The van der Waals surface area contributed by atoms with Gasteiger partial charge in [0.1, 0.15) is 5.82 Å². The molecule has 1 aromatic heterocycles. The van der Waals surface area contributed by atoms with Crippen molar-refractivity contribution in [2.24, 2.45) is 7.05 Å². The van der Waals surface area contributed by atoms with E-state index in [1.54, 1.807) is 18.3 Å². The van der Waals surface area contributed by atoms with Crippen molar-refractivity contribution in [2.45, 2.75) is 4.90 Å². The van der Waals surface area contributed by atoms with Crippen LogP contribution in [0.15, 0.2) is 65.8 Å². The van der Waals surface area contributed by atoms with E-state index in [2.05, 4.69) is 11.1 Å². The number of hydrogen-bond acceptors (Lipinski definition) is 2. The standard InChI is InChI=1S/C16H14N2O2S/c1-18-10-9-17-16(18)14-4-2-3-13(11-14)12-5-7-15(8-6-12)21(19)20/h2-11H,1H3,(H,19,20). The Kier molecular flexibility index (Phi) is 3.68. The van der Waals surface area contributed by atoms with Gasteiger partial charge in [-0.1, -0.05) is 30.3 Å². The van der Waals surface area contributed by atoms with E-state index in [1.165, 1.54) is 0 Å². The fourth-order valence-corrected chi connectivity index (χ4v) is 2.61. The average molecular weight is 298 g/mol. The van der Waals surface area contributed by atoms with Crippen molar-refractivity contribution in [2.75, 3.05) is 0 Å². The van der Waals surface area contributed by atoms with Crippen LogP contribution in [0, 0.1) is 0 Å². The topological polar surface area (TPSA) is 55.1 Å². The Morgan fingerprint density at radius 3 is 2.38 bits per heavy atom. The van der Waals surface area contributed by atoms with Crippen LogP contribution in [-0.2, 0) is 18.1 Å². The normalized spacial score (nSPS) is 12.3. The lowest BCUT2D eigenvalue weighted by Crippen LogP contribution is -1.91. The van der Waals surface area contributed by atoms with Gasteiger partial charge in [0.25, 0.3) is 0 Å². The van der Waals surface area contributed by atoms with E-state index in [9.17, 15) is 4.21 Å². The minimum atomic E-state index is -1.94. The lowest BCUT2D eigenvalue weighted by molar-refractivity contribution is 0.564. The van der Waals surface area contributed by atoms with Crippen molar-refractivity contribution in [3.05, 3.63) is 60.9 Å². The molecule has 4 nitrogen and oxygen atoms in total. The Balaban J connectivity index is 2.00. The Labute approximate surface area is 125 Å². The summed E-state index contributed by atoms with van der Waals surface area (Å²) in [6.07, 6.45) is 3.68. The highest BCUT2D eigenvalue weighted by Crippen LogP contribution is 2.25. The molecule has 1 N–H and O–H groups in total.